The molecule has 4 rings (SSSR count). The van der Waals surface area contributed by atoms with E-state index in [9.17, 15) is 0 Å². The summed E-state index contributed by atoms with van der Waals surface area (Å²) in [6.07, 6.45) is 21.6. The Morgan fingerprint density at radius 2 is 1.17 bits per heavy atom. The minimum Gasteiger partial charge on any atom is -0.147 e. The van der Waals surface area contributed by atoms with Crippen LogP contribution >= 0.6 is 24.8 Å². The van der Waals surface area contributed by atoms with Crippen LogP contribution < -0.4 is 0 Å². The molecule has 0 aromatic carbocycles. The van der Waals surface area contributed by atoms with Gasteiger partial charge in [-0.3, -0.25) is 0 Å². The predicted molar refractivity (Wildman–Crippen MR) is 109 cm³/mol. The topological polar surface area (TPSA) is 0 Å². The van der Waals surface area contributed by atoms with Crippen molar-refractivity contribution in [2.75, 3.05) is 0 Å². The molecule has 0 N–H and O–H groups in total. The zero-order valence-electron chi connectivity index (χ0n) is 14.9. The van der Waals surface area contributed by atoms with E-state index in [1.54, 1.807) is 11.1 Å². The van der Waals surface area contributed by atoms with Crippen molar-refractivity contribution < 1.29 is 16.6 Å². The van der Waals surface area contributed by atoms with Crippen LogP contribution in [0, 0.1) is 0 Å². The Hall–Kier alpha value is 0.471. The molecule has 0 aromatic rings. The van der Waals surface area contributed by atoms with E-state index < -0.39 is 16.6 Å². The molecule has 4 aliphatic carbocycles. The van der Waals surface area contributed by atoms with Crippen molar-refractivity contribution >= 4 is 31.0 Å². The Morgan fingerprint density at radius 3 is 1.58 bits per heavy atom. The van der Waals surface area contributed by atoms with Gasteiger partial charge in [-0.2, -0.15) is 0 Å². The normalized spacial score (nSPS) is 27.4. The van der Waals surface area contributed by atoms with Crippen LogP contribution in [0.3, 0.4) is 0 Å². The molecule has 0 aliphatic heterocycles. The molecule has 0 nitrogen and oxygen atoms in total. The van der Waals surface area contributed by atoms with Gasteiger partial charge in [-0.1, -0.05) is 0 Å². The molecular weight excluding hydrogens is 387 g/mol. The Morgan fingerprint density at radius 1 is 0.750 bits per heavy atom. The van der Waals surface area contributed by atoms with E-state index >= 15 is 0 Å². The first-order valence-corrected chi connectivity index (χ1v) is 15.9. The molecule has 0 radical (unpaired) electrons. The van der Waals surface area contributed by atoms with Crippen molar-refractivity contribution in [3.05, 3.63) is 46.6 Å². The molecule has 0 amide bonds. The molecule has 0 spiro atoms. The Balaban J connectivity index is 0.00000104. The minimum atomic E-state index is -1.12. The first kappa shape index (κ1) is 20.8. The van der Waals surface area contributed by atoms with Crippen LogP contribution in [0.15, 0.2) is 46.6 Å². The van der Waals surface area contributed by atoms with Crippen molar-refractivity contribution in [1.29, 1.82) is 0 Å². The van der Waals surface area contributed by atoms with Crippen LogP contribution in [-0.2, 0) is 16.6 Å². The molecular formula is C20H30Cl2SiTi. The Bertz CT molecular complexity index is 601. The zero-order valence-corrected chi connectivity index (χ0v) is 19.1. The average Bonchev–Trinajstić information content (AvgIpc) is 3.13. The predicted octanol–water partition coefficient (Wildman–Crippen LogP) is 7.16. The largest absolute Gasteiger partial charge is 0.147 e. The Kier molecular flexibility index (Phi) is 7.71. The van der Waals surface area contributed by atoms with Crippen molar-refractivity contribution in [2.24, 2.45) is 0 Å². The maximum absolute atomic E-state index is 2.66. The summed E-state index contributed by atoms with van der Waals surface area (Å²) in [5, 5.41) is 0. The second kappa shape index (κ2) is 8.91. The van der Waals surface area contributed by atoms with Crippen LogP contribution in [0.1, 0.15) is 51.4 Å². The molecule has 0 saturated carbocycles. The fourth-order valence-electron chi connectivity index (χ4n) is 5.05. The third-order valence-corrected chi connectivity index (χ3v) is 19.0. The summed E-state index contributed by atoms with van der Waals surface area (Å²) in [7, 11) is 0. The molecule has 2 unspecified atom stereocenters. The molecule has 0 heterocycles. The molecule has 0 bridgehead atoms. The number of rotatable bonds is 2. The first-order chi connectivity index (χ1) is 10.8. The van der Waals surface area contributed by atoms with Gasteiger partial charge in [-0.05, 0) is 0 Å². The molecule has 2 atom stereocenters. The van der Waals surface area contributed by atoms with Crippen LogP contribution in [0.4, 0.5) is 0 Å². The van der Waals surface area contributed by atoms with E-state index in [1.807, 2.05) is 11.1 Å². The van der Waals surface area contributed by atoms with Crippen LogP contribution in [0.25, 0.3) is 0 Å². The van der Waals surface area contributed by atoms with Gasteiger partial charge in [0.25, 0.3) is 0 Å². The van der Waals surface area contributed by atoms with E-state index in [2.05, 4.69) is 37.4 Å². The van der Waals surface area contributed by atoms with E-state index in [0.717, 1.165) is 8.45 Å². The van der Waals surface area contributed by atoms with Gasteiger partial charge in [0, 0.05) is 0 Å². The van der Waals surface area contributed by atoms with Gasteiger partial charge in [0.05, 0.1) is 0 Å². The number of hydrogen-bond donors (Lipinski definition) is 0. The van der Waals surface area contributed by atoms with Gasteiger partial charge in [-0.15, -0.1) is 24.8 Å². The van der Waals surface area contributed by atoms with Gasteiger partial charge in [0.2, 0.25) is 0 Å². The maximum atomic E-state index is 2.66. The van der Waals surface area contributed by atoms with E-state index in [0.29, 0.717) is 0 Å². The van der Waals surface area contributed by atoms with Crippen molar-refractivity contribution in [3.63, 3.8) is 0 Å². The van der Waals surface area contributed by atoms with Crippen molar-refractivity contribution in [1.82, 2.24) is 0 Å². The second-order valence-electron chi connectivity index (χ2n) is 7.64. The average molecular weight is 417 g/mol. The molecule has 4 aliphatic rings. The SMILES string of the molecule is C[Si](C)=[Ti]([CH]1C=CC2=C1CCCC2)[CH]1C=CC2=C1CCCC2.Cl.Cl. The third-order valence-electron chi connectivity index (χ3n) is 6.09. The smallest absolute Gasteiger partial charge is 0.147 e. The van der Waals surface area contributed by atoms with Crippen LogP contribution in [0.5, 0.6) is 0 Å². The summed E-state index contributed by atoms with van der Waals surface area (Å²) < 4.78 is 1.87. The van der Waals surface area contributed by atoms with E-state index in [4.69, 9.17) is 0 Å². The quantitative estimate of drug-likeness (QED) is 0.419. The van der Waals surface area contributed by atoms with Gasteiger partial charge in [0.1, 0.15) is 0 Å². The molecule has 24 heavy (non-hydrogen) atoms. The summed E-state index contributed by atoms with van der Waals surface area (Å²) in [6, 6.07) is 0. The summed E-state index contributed by atoms with van der Waals surface area (Å²) >= 11 is -1.12. The maximum Gasteiger partial charge on any atom is -0.147 e. The van der Waals surface area contributed by atoms with E-state index in [-0.39, 0.29) is 31.0 Å². The number of hydrogen-bond acceptors (Lipinski definition) is 0. The molecule has 0 aromatic heterocycles. The first-order valence-electron chi connectivity index (χ1n) is 9.23. The molecule has 4 heteroatoms. The van der Waals surface area contributed by atoms with Crippen molar-refractivity contribution in [3.8, 4) is 0 Å². The second-order valence-corrected chi connectivity index (χ2v) is 20.1. The fraction of sp³-hybridized carbons (Fsp3) is 0.600. The van der Waals surface area contributed by atoms with Crippen LogP contribution in [0.2, 0.25) is 21.5 Å². The standard InChI is InChI=1S/2C9H11.C2H6Si.2ClH.Ti/c2*1-2-5-9-7-3-6-8(9)4-1;1-3-2;;;/h2*3,6-7H,1-2,4-5H2;1-2H3;2*1H;. The summed E-state index contributed by atoms with van der Waals surface area (Å²) in [6.45, 7) is 5.26. The Labute approximate surface area is 166 Å². The third kappa shape index (κ3) is 3.76. The molecule has 132 valence electrons. The van der Waals surface area contributed by atoms with Gasteiger partial charge in [-0.25, -0.2) is 0 Å². The summed E-state index contributed by atoms with van der Waals surface area (Å²) in [5.41, 5.74) is 7.32. The monoisotopic (exact) mass is 416 g/mol. The number of halogens is 2. The van der Waals surface area contributed by atoms with Crippen LogP contribution in [-0.4, -0.2) is 6.19 Å². The zero-order chi connectivity index (χ0) is 15.1. The molecule has 0 saturated heterocycles. The van der Waals surface area contributed by atoms with Gasteiger partial charge < -0.3 is 0 Å². The van der Waals surface area contributed by atoms with Gasteiger partial charge >= 0.3 is 142 Å². The minimum absolute atomic E-state index is 0. The van der Waals surface area contributed by atoms with Gasteiger partial charge in [0.15, 0.2) is 0 Å². The summed E-state index contributed by atoms with van der Waals surface area (Å²) in [4.78, 5) is 0. The number of allylic oxidation sites excluding steroid dienone is 8. The van der Waals surface area contributed by atoms with E-state index in [1.165, 1.54) is 51.4 Å². The fourth-order valence-corrected chi connectivity index (χ4v) is 18.1. The molecule has 0 fully saturated rings. The summed E-state index contributed by atoms with van der Waals surface area (Å²) in [5.74, 6) is 0. The van der Waals surface area contributed by atoms with Crippen molar-refractivity contribution in [2.45, 2.75) is 72.9 Å².